The number of hydrogen-bond donors (Lipinski definition) is 0. The van der Waals surface area contributed by atoms with Crippen molar-refractivity contribution in [1.82, 2.24) is 19.7 Å². The number of methoxy groups -OCH3 is 1. The summed E-state index contributed by atoms with van der Waals surface area (Å²) in [6.45, 7) is 1.64. The van der Waals surface area contributed by atoms with Gasteiger partial charge in [-0.15, -0.1) is 21.5 Å². The molecule has 3 aromatic heterocycles. The van der Waals surface area contributed by atoms with Crippen LogP contribution in [0.4, 0.5) is 5.95 Å². The summed E-state index contributed by atoms with van der Waals surface area (Å²) >= 11 is 3.28. The standard InChI is InChI=1S/C31H25N5O2S2/c1-38-23-14-12-22(13-15-23)36-30(37)28-27(32-31(36)35-16-18-39-19-17-35)25-24(20-8-4-2-5-9-20)26(33-34-29(25)40-28)21-10-6-3-7-11-21/h2-15H,16-19H2,1H3. The van der Waals surface area contributed by atoms with Crippen LogP contribution in [0, 0.1) is 0 Å². The molecular weight excluding hydrogens is 539 g/mol. The van der Waals surface area contributed by atoms with Crippen molar-refractivity contribution in [2.45, 2.75) is 0 Å². The smallest absolute Gasteiger partial charge is 0.277 e. The van der Waals surface area contributed by atoms with Gasteiger partial charge in [0.25, 0.3) is 5.56 Å². The number of benzene rings is 3. The second kappa shape index (κ2) is 10.4. The first kappa shape index (κ1) is 24.8. The number of fused-ring (bicyclic) bond motifs is 3. The SMILES string of the molecule is COc1ccc(-n2c(N3CCSCC3)nc3c(sc4nnc(-c5ccccc5)c(-c5ccccc5)c43)c2=O)cc1. The molecule has 1 saturated heterocycles. The number of aromatic nitrogens is 4. The van der Waals surface area contributed by atoms with E-state index in [0.717, 1.165) is 63.8 Å². The van der Waals surface area contributed by atoms with Crippen molar-refractivity contribution < 1.29 is 4.74 Å². The fourth-order valence-corrected chi connectivity index (χ4v) is 7.09. The van der Waals surface area contributed by atoms with E-state index in [-0.39, 0.29) is 5.56 Å². The molecule has 40 heavy (non-hydrogen) atoms. The average Bonchev–Trinajstić information content (AvgIpc) is 3.41. The third-order valence-corrected chi connectivity index (χ3v) is 9.13. The zero-order valence-electron chi connectivity index (χ0n) is 21.8. The molecule has 0 spiro atoms. The topological polar surface area (TPSA) is 73.1 Å². The van der Waals surface area contributed by atoms with E-state index in [1.54, 1.807) is 11.7 Å². The first-order valence-electron chi connectivity index (χ1n) is 13.1. The minimum absolute atomic E-state index is 0.105. The molecule has 3 aromatic carbocycles. The Kier molecular flexibility index (Phi) is 6.45. The average molecular weight is 564 g/mol. The van der Waals surface area contributed by atoms with Crippen LogP contribution in [0.5, 0.6) is 5.75 Å². The van der Waals surface area contributed by atoms with E-state index >= 15 is 0 Å². The highest BCUT2D eigenvalue weighted by Crippen LogP contribution is 2.42. The Bertz CT molecular complexity index is 1880. The molecule has 7 nitrogen and oxygen atoms in total. The third-order valence-electron chi connectivity index (χ3n) is 7.14. The fourth-order valence-electron chi connectivity index (χ4n) is 5.19. The largest absolute Gasteiger partial charge is 0.497 e. The summed E-state index contributed by atoms with van der Waals surface area (Å²) in [4.78, 5) is 22.5. The molecule has 0 amide bonds. The van der Waals surface area contributed by atoms with Gasteiger partial charge >= 0.3 is 0 Å². The lowest BCUT2D eigenvalue weighted by molar-refractivity contribution is 0.414. The minimum Gasteiger partial charge on any atom is -0.497 e. The van der Waals surface area contributed by atoms with Crippen LogP contribution in [0.1, 0.15) is 0 Å². The van der Waals surface area contributed by atoms with Gasteiger partial charge in [-0.05, 0) is 29.8 Å². The molecule has 0 saturated carbocycles. The van der Waals surface area contributed by atoms with Gasteiger partial charge < -0.3 is 9.64 Å². The molecular formula is C31H25N5O2S2. The first-order valence-corrected chi connectivity index (χ1v) is 15.0. The molecule has 198 valence electrons. The van der Waals surface area contributed by atoms with Crippen molar-refractivity contribution in [3.05, 3.63) is 95.3 Å². The van der Waals surface area contributed by atoms with Gasteiger partial charge in [-0.1, -0.05) is 60.7 Å². The van der Waals surface area contributed by atoms with Gasteiger partial charge in [0.05, 0.1) is 12.8 Å². The summed E-state index contributed by atoms with van der Waals surface area (Å²) < 4.78 is 7.67. The first-order chi connectivity index (χ1) is 19.7. The van der Waals surface area contributed by atoms with Gasteiger partial charge in [0.15, 0.2) is 0 Å². The van der Waals surface area contributed by atoms with E-state index in [9.17, 15) is 4.79 Å². The Balaban J connectivity index is 1.58. The maximum atomic E-state index is 14.3. The molecule has 0 unspecified atom stereocenters. The lowest BCUT2D eigenvalue weighted by Crippen LogP contribution is -2.37. The number of thiophene rings is 1. The highest BCUT2D eigenvalue weighted by molar-refractivity contribution is 7.99. The van der Waals surface area contributed by atoms with Crippen molar-refractivity contribution >= 4 is 49.5 Å². The maximum absolute atomic E-state index is 14.3. The summed E-state index contributed by atoms with van der Waals surface area (Å²) in [5.41, 5.74) is 5.02. The lowest BCUT2D eigenvalue weighted by atomic mass is 9.97. The maximum Gasteiger partial charge on any atom is 0.277 e. The van der Waals surface area contributed by atoms with Crippen molar-refractivity contribution in [2.24, 2.45) is 0 Å². The zero-order valence-corrected chi connectivity index (χ0v) is 23.4. The highest BCUT2D eigenvalue weighted by atomic mass is 32.2. The molecule has 0 bridgehead atoms. The number of thioether (sulfide) groups is 1. The monoisotopic (exact) mass is 563 g/mol. The van der Waals surface area contributed by atoms with Gasteiger partial charge in [-0.25, -0.2) is 9.55 Å². The summed E-state index contributed by atoms with van der Waals surface area (Å²) in [5, 5.41) is 10.2. The van der Waals surface area contributed by atoms with Crippen LogP contribution < -0.4 is 15.2 Å². The molecule has 0 radical (unpaired) electrons. The van der Waals surface area contributed by atoms with Crippen molar-refractivity contribution in [3.63, 3.8) is 0 Å². The predicted molar refractivity (Wildman–Crippen MR) is 165 cm³/mol. The number of nitrogens with zero attached hydrogens (tertiary/aromatic N) is 5. The van der Waals surface area contributed by atoms with Crippen LogP contribution in [0.25, 0.3) is 48.5 Å². The van der Waals surface area contributed by atoms with Gasteiger partial charge in [0, 0.05) is 41.1 Å². The second-order valence-electron chi connectivity index (χ2n) is 9.47. The van der Waals surface area contributed by atoms with Crippen LogP contribution in [-0.2, 0) is 0 Å². The van der Waals surface area contributed by atoms with Crippen LogP contribution in [0.3, 0.4) is 0 Å². The third kappa shape index (κ3) is 4.22. The minimum atomic E-state index is -0.105. The van der Waals surface area contributed by atoms with E-state index < -0.39 is 0 Å². The molecule has 6 aromatic rings. The fraction of sp³-hybridized carbons (Fsp3) is 0.161. The Labute approximate surface area is 239 Å². The normalized spacial score (nSPS) is 13.7. The predicted octanol–water partition coefficient (Wildman–Crippen LogP) is 6.29. The summed E-state index contributed by atoms with van der Waals surface area (Å²) in [6, 6.07) is 27.8. The lowest BCUT2D eigenvalue weighted by Gasteiger charge is -2.29. The van der Waals surface area contributed by atoms with E-state index in [0.29, 0.717) is 21.0 Å². The van der Waals surface area contributed by atoms with Gasteiger partial charge in [0.2, 0.25) is 5.95 Å². The van der Waals surface area contributed by atoms with Crippen molar-refractivity contribution in [1.29, 1.82) is 0 Å². The molecule has 7 rings (SSSR count). The molecule has 9 heteroatoms. The van der Waals surface area contributed by atoms with E-state index in [1.165, 1.54) is 11.3 Å². The van der Waals surface area contributed by atoms with E-state index in [2.05, 4.69) is 27.2 Å². The highest BCUT2D eigenvalue weighted by Gasteiger charge is 2.26. The molecule has 0 N–H and O–H groups in total. The molecule has 0 atom stereocenters. The Morgan fingerprint density at radius 3 is 2.17 bits per heavy atom. The van der Waals surface area contributed by atoms with Gasteiger partial charge in [-0.3, -0.25) is 4.79 Å². The van der Waals surface area contributed by atoms with Crippen LogP contribution in [0.15, 0.2) is 89.7 Å². The Morgan fingerprint density at radius 1 is 0.825 bits per heavy atom. The summed E-state index contributed by atoms with van der Waals surface area (Å²) in [5.74, 6) is 3.36. The summed E-state index contributed by atoms with van der Waals surface area (Å²) in [6.07, 6.45) is 0. The molecule has 0 aliphatic carbocycles. The molecule has 1 aliphatic heterocycles. The second-order valence-corrected chi connectivity index (χ2v) is 11.7. The molecule has 1 aliphatic rings. The van der Waals surface area contributed by atoms with E-state index in [1.807, 2.05) is 84.6 Å². The van der Waals surface area contributed by atoms with Crippen LogP contribution >= 0.6 is 23.1 Å². The van der Waals surface area contributed by atoms with Crippen LogP contribution in [-0.4, -0.2) is 51.5 Å². The number of rotatable bonds is 5. The number of hydrogen-bond acceptors (Lipinski definition) is 8. The Hall–Kier alpha value is -4.21. The van der Waals surface area contributed by atoms with Gasteiger partial charge in [-0.2, -0.15) is 11.8 Å². The number of ether oxygens (including phenoxy) is 1. The Morgan fingerprint density at radius 2 is 1.50 bits per heavy atom. The number of anilines is 1. The summed E-state index contributed by atoms with van der Waals surface area (Å²) in [7, 11) is 1.64. The van der Waals surface area contributed by atoms with Crippen molar-refractivity contribution in [2.75, 3.05) is 36.6 Å². The van der Waals surface area contributed by atoms with Gasteiger partial charge in [0.1, 0.15) is 26.5 Å². The van der Waals surface area contributed by atoms with Crippen LogP contribution in [0.2, 0.25) is 0 Å². The van der Waals surface area contributed by atoms with Crippen molar-refractivity contribution in [3.8, 4) is 33.8 Å². The molecule has 4 heterocycles. The molecule has 1 fully saturated rings. The van der Waals surface area contributed by atoms with E-state index in [4.69, 9.17) is 9.72 Å². The zero-order chi connectivity index (χ0) is 27.1. The quantitative estimate of drug-likeness (QED) is 0.244.